The van der Waals surface area contributed by atoms with Gasteiger partial charge in [-0.3, -0.25) is 0 Å². The lowest BCUT2D eigenvalue weighted by Gasteiger charge is -2.32. The van der Waals surface area contributed by atoms with E-state index in [9.17, 15) is 10.2 Å². The van der Waals surface area contributed by atoms with Gasteiger partial charge in [0, 0.05) is 19.3 Å². The average Bonchev–Trinajstić information content (AvgIpc) is 2.91. The molecular formula is C21H19NO2. The molecule has 0 amide bonds. The summed E-state index contributed by atoms with van der Waals surface area (Å²) in [6.45, 7) is 0.807. The predicted octanol–water partition coefficient (Wildman–Crippen LogP) is 3.88. The summed E-state index contributed by atoms with van der Waals surface area (Å²) in [5.74, 6) is 0.526. The summed E-state index contributed by atoms with van der Waals surface area (Å²) in [5, 5.41) is 19.4. The van der Waals surface area contributed by atoms with Crippen molar-refractivity contribution < 1.29 is 10.2 Å². The van der Waals surface area contributed by atoms with E-state index >= 15 is 0 Å². The van der Waals surface area contributed by atoms with Crippen molar-refractivity contribution in [2.24, 2.45) is 0 Å². The van der Waals surface area contributed by atoms with Crippen LogP contribution in [-0.2, 0) is 5.41 Å². The van der Waals surface area contributed by atoms with E-state index in [0.717, 1.165) is 17.7 Å². The van der Waals surface area contributed by atoms with Crippen molar-refractivity contribution in [2.75, 3.05) is 18.5 Å². The average molecular weight is 317 g/mol. The maximum absolute atomic E-state index is 9.69. The number of fused-ring (bicyclic) bond motifs is 1. The van der Waals surface area contributed by atoms with Gasteiger partial charge in [0.25, 0.3) is 0 Å². The van der Waals surface area contributed by atoms with E-state index in [-0.39, 0.29) is 16.9 Å². The lowest BCUT2D eigenvalue weighted by molar-refractivity contribution is 0.474. The zero-order valence-corrected chi connectivity index (χ0v) is 13.5. The second-order valence-corrected chi connectivity index (χ2v) is 6.37. The predicted molar refractivity (Wildman–Crippen MR) is 95.8 cm³/mol. The highest BCUT2D eigenvalue weighted by molar-refractivity contribution is 5.70. The van der Waals surface area contributed by atoms with Crippen molar-refractivity contribution >= 4 is 5.69 Å². The molecular weight excluding hydrogens is 298 g/mol. The first-order valence-corrected chi connectivity index (χ1v) is 8.01. The molecule has 0 bridgehead atoms. The first-order valence-electron chi connectivity index (χ1n) is 8.01. The van der Waals surface area contributed by atoms with Crippen LogP contribution in [0.3, 0.4) is 0 Å². The van der Waals surface area contributed by atoms with Crippen LogP contribution in [0.25, 0.3) is 0 Å². The maximum Gasteiger partial charge on any atom is 0.115 e. The fourth-order valence-electron chi connectivity index (χ4n) is 3.85. The van der Waals surface area contributed by atoms with Crippen LogP contribution in [-0.4, -0.2) is 23.8 Å². The molecule has 0 atom stereocenters. The topological polar surface area (TPSA) is 43.7 Å². The number of para-hydroxylation sites is 1. The van der Waals surface area contributed by atoms with Crippen LogP contribution in [0.5, 0.6) is 11.5 Å². The van der Waals surface area contributed by atoms with E-state index in [4.69, 9.17) is 0 Å². The number of benzene rings is 3. The zero-order valence-electron chi connectivity index (χ0n) is 13.5. The monoisotopic (exact) mass is 317 g/mol. The standard InChI is InChI=1S/C21H19NO2/c1-22-14-21(15-6-10-17(23)11-7-15,16-8-12-18(24)13-9-16)19-4-2-3-5-20(19)22/h2-13,23-24H,14H2,1H3. The van der Waals surface area contributed by atoms with Gasteiger partial charge in [0.15, 0.2) is 0 Å². The van der Waals surface area contributed by atoms with Crippen LogP contribution >= 0.6 is 0 Å². The van der Waals surface area contributed by atoms with E-state index in [1.54, 1.807) is 24.3 Å². The minimum absolute atomic E-state index is 0.263. The second-order valence-electron chi connectivity index (χ2n) is 6.37. The molecule has 1 aliphatic rings. The molecule has 0 aromatic heterocycles. The first-order chi connectivity index (χ1) is 11.6. The number of hydrogen-bond acceptors (Lipinski definition) is 3. The largest absolute Gasteiger partial charge is 0.508 e. The summed E-state index contributed by atoms with van der Waals surface area (Å²) < 4.78 is 0. The van der Waals surface area contributed by atoms with E-state index in [0.29, 0.717) is 0 Å². The number of nitrogens with zero attached hydrogens (tertiary/aromatic N) is 1. The van der Waals surface area contributed by atoms with E-state index < -0.39 is 0 Å². The van der Waals surface area contributed by atoms with Crippen molar-refractivity contribution in [3.8, 4) is 11.5 Å². The Labute approximate surface area is 141 Å². The number of phenols is 2. The molecule has 1 aliphatic heterocycles. The molecule has 24 heavy (non-hydrogen) atoms. The zero-order chi connectivity index (χ0) is 16.7. The van der Waals surface area contributed by atoms with E-state index in [1.807, 2.05) is 24.3 Å². The van der Waals surface area contributed by atoms with Crippen molar-refractivity contribution in [3.63, 3.8) is 0 Å². The molecule has 4 rings (SSSR count). The van der Waals surface area contributed by atoms with Crippen molar-refractivity contribution in [2.45, 2.75) is 5.41 Å². The lowest BCUT2D eigenvalue weighted by atomic mass is 9.71. The van der Waals surface area contributed by atoms with E-state index in [2.05, 4.69) is 36.2 Å². The fraction of sp³-hybridized carbons (Fsp3) is 0.143. The van der Waals surface area contributed by atoms with Crippen LogP contribution in [0.2, 0.25) is 0 Å². The Balaban J connectivity index is 2.01. The van der Waals surface area contributed by atoms with Crippen molar-refractivity contribution in [1.29, 1.82) is 0 Å². The van der Waals surface area contributed by atoms with Gasteiger partial charge in [-0.05, 0) is 47.0 Å². The molecule has 3 nitrogen and oxygen atoms in total. The summed E-state index contributed by atoms with van der Waals surface area (Å²) in [6, 6.07) is 23.3. The Morgan fingerprint density at radius 2 is 1.25 bits per heavy atom. The molecule has 2 N–H and O–H groups in total. The van der Waals surface area contributed by atoms with E-state index in [1.165, 1.54) is 11.3 Å². The molecule has 3 aromatic carbocycles. The molecule has 1 heterocycles. The van der Waals surface area contributed by atoms with Gasteiger partial charge in [0.1, 0.15) is 11.5 Å². The minimum Gasteiger partial charge on any atom is -0.508 e. The van der Waals surface area contributed by atoms with Crippen LogP contribution in [0.4, 0.5) is 5.69 Å². The third-order valence-electron chi connectivity index (χ3n) is 4.97. The third-order valence-corrected chi connectivity index (χ3v) is 4.97. The van der Waals surface area contributed by atoms with Crippen LogP contribution in [0.1, 0.15) is 16.7 Å². The van der Waals surface area contributed by atoms with Gasteiger partial charge >= 0.3 is 0 Å². The summed E-state index contributed by atoms with van der Waals surface area (Å²) in [6.07, 6.45) is 0. The molecule has 3 aromatic rings. The highest BCUT2D eigenvalue weighted by atomic mass is 16.3. The SMILES string of the molecule is CN1CC(c2ccc(O)cc2)(c2ccc(O)cc2)c2ccccc21. The summed E-state index contributed by atoms with van der Waals surface area (Å²) >= 11 is 0. The smallest absolute Gasteiger partial charge is 0.115 e. The molecule has 0 unspecified atom stereocenters. The number of likely N-dealkylation sites (N-methyl/N-ethyl adjacent to an activating group) is 1. The van der Waals surface area contributed by atoms with Crippen molar-refractivity contribution in [3.05, 3.63) is 89.5 Å². The molecule has 0 fully saturated rings. The van der Waals surface area contributed by atoms with Crippen LogP contribution in [0, 0.1) is 0 Å². The molecule has 3 heteroatoms. The normalized spacial score (nSPS) is 15.3. The van der Waals surface area contributed by atoms with Gasteiger partial charge in [-0.1, -0.05) is 42.5 Å². The number of hydrogen-bond donors (Lipinski definition) is 2. The quantitative estimate of drug-likeness (QED) is 0.754. The third kappa shape index (κ3) is 2.05. The van der Waals surface area contributed by atoms with Gasteiger partial charge in [-0.15, -0.1) is 0 Å². The minimum atomic E-state index is -0.327. The number of anilines is 1. The molecule has 0 saturated heterocycles. The van der Waals surface area contributed by atoms with Gasteiger partial charge in [-0.2, -0.15) is 0 Å². The fourth-order valence-corrected chi connectivity index (χ4v) is 3.85. The Bertz CT molecular complexity index is 824. The molecule has 0 saturated carbocycles. The lowest BCUT2D eigenvalue weighted by Crippen LogP contribution is -2.34. The molecule has 0 spiro atoms. The van der Waals surface area contributed by atoms with Crippen molar-refractivity contribution in [1.82, 2.24) is 0 Å². The molecule has 120 valence electrons. The highest BCUT2D eigenvalue weighted by Crippen LogP contribution is 2.49. The Morgan fingerprint density at radius 3 is 1.79 bits per heavy atom. The maximum atomic E-state index is 9.69. The Hall–Kier alpha value is -2.94. The Morgan fingerprint density at radius 1 is 0.750 bits per heavy atom. The van der Waals surface area contributed by atoms with Gasteiger partial charge in [-0.25, -0.2) is 0 Å². The number of rotatable bonds is 2. The summed E-state index contributed by atoms with van der Waals surface area (Å²) in [5.41, 5.74) is 4.38. The molecule has 0 radical (unpaired) electrons. The second kappa shape index (κ2) is 5.31. The first kappa shape index (κ1) is 14.6. The number of phenolic OH excluding ortho intramolecular Hbond substituents is 2. The molecule has 0 aliphatic carbocycles. The van der Waals surface area contributed by atoms with Crippen LogP contribution < -0.4 is 4.90 Å². The van der Waals surface area contributed by atoms with Gasteiger partial charge in [0.2, 0.25) is 0 Å². The summed E-state index contributed by atoms with van der Waals surface area (Å²) in [7, 11) is 2.10. The van der Waals surface area contributed by atoms with Gasteiger partial charge < -0.3 is 15.1 Å². The Kier molecular flexibility index (Phi) is 3.24. The van der Waals surface area contributed by atoms with Crippen LogP contribution in [0.15, 0.2) is 72.8 Å². The summed E-state index contributed by atoms with van der Waals surface area (Å²) in [4.78, 5) is 2.26. The number of aromatic hydroxyl groups is 2. The highest BCUT2D eigenvalue weighted by Gasteiger charge is 2.44. The van der Waals surface area contributed by atoms with Gasteiger partial charge in [0.05, 0.1) is 5.41 Å².